The highest BCUT2D eigenvalue weighted by molar-refractivity contribution is 5.85. The third kappa shape index (κ3) is 3.26. The molecule has 4 heteroatoms. The van der Waals surface area contributed by atoms with Gasteiger partial charge in [-0.1, -0.05) is 6.42 Å². The van der Waals surface area contributed by atoms with Gasteiger partial charge in [-0.05, 0) is 12.8 Å². The van der Waals surface area contributed by atoms with Crippen LogP contribution in [-0.2, 0) is 0 Å². The van der Waals surface area contributed by atoms with Gasteiger partial charge in [0.1, 0.15) is 0 Å². The van der Waals surface area contributed by atoms with Crippen LogP contribution < -0.4 is 11.5 Å². The molecule has 1 saturated carbocycles. The summed E-state index contributed by atoms with van der Waals surface area (Å²) in [7, 11) is 0. The molecule has 0 aromatic rings. The van der Waals surface area contributed by atoms with Gasteiger partial charge in [0.25, 0.3) is 0 Å². The van der Waals surface area contributed by atoms with E-state index in [1.807, 2.05) is 0 Å². The number of hydrogen-bond donors (Lipinski definition) is 2. The fourth-order valence-electron chi connectivity index (χ4n) is 1.02. The molecule has 0 aromatic heterocycles. The first-order chi connectivity index (χ1) is 3.30. The predicted molar refractivity (Wildman–Crippen MR) is 44.3 cm³/mol. The molecule has 9 heavy (non-hydrogen) atoms. The highest BCUT2D eigenvalue weighted by atomic mass is 35.5. The van der Waals surface area contributed by atoms with Gasteiger partial charge in [0, 0.05) is 12.1 Å². The minimum Gasteiger partial charge on any atom is -0.326 e. The Morgan fingerprint density at radius 1 is 0.889 bits per heavy atom. The van der Waals surface area contributed by atoms with Gasteiger partial charge in [0.15, 0.2) is 0 Å². The summed E-state index contributed by atoms with van der Waals surface area (Å²) in [5.41, 5.74) is 11.1. The molecule has 0 unspecified atom stereocenters. The molecule has 0 bridgehead atoms. The molecule has 0 aliphatic heterocycles. The van der Waals surface area contributed by atoms with E-state index < -0.39 is 0 Å². The van der Waals surface area contributed by atoms with Crippen molar-refractivity contribution in [3.63, 3.8) is 0 Å². The number of nitrogens with two attached hydrogens (primary N) is 2. The van der Waals surface area contributed by atoms with E-state index in [1.54, 1.807) is 0 Å². The van der Waals surface area contributed by atoms with Crippen molar-refractivity contribution in [1.29, 1.82) is 0 Å². The lowest BCUT2D eigenvalue weighted by Crippen LogP contribution is -2.35. The van der Waals surface area contributed by atoms with Crippen molar-refractivity contribution in [2.24, 2.45) is 11.5 Å². The van der Waals surface area contributed by atoms with Crippen LogP contribution in [0.15, 0.2) is 0 Å². The van der Waals surface area contributed by atoms with Crippen LogP contribution in [0.4, 0.5) is 0 Å². The fourth-order valence-corrected chi connectivity index (χ4v) is 1.02. The molecule has 0 heterocycles. The molecule has 58 valence electrons. The zero-order valence-corrected chi connectivity index (χ0v) is 6.88. The van der Waals surface area contributed by atoms with Crippen LogP contribution in [-0.4, -0.2) is 12.1 Å². The highest BCUT2D eigenvalue weighted by Gasteiger charge is 2.18. The van der Waals surface area contributed by atoms with E-state index in [9.17, 15) is 0 Å². The highest BCUT2D eigenvalue weighted by Crippen LogP contribution is 2.13. The summed E-state index contributed by atoms with van der Waals surface area (Å²) in [4.78, 5) is 0. The number of rotatable bonds is 0. The van der Waals surface area contributed by atoms with Crippen molar-refractivity contribution in [1.82, 2.24) is 0 Å². The molecule has 1 aliphatic carbocycles. The van der Waals surface area contributed by atoms with E-state index in [-0.39, 0.29) is 24.8 Å². The number of halogens is 2. The summed E-state index contributed by atoms with van der Waals surface area (Å²) >= 11 is 0. The summed E-state index contributed by atoms with van der Waals surface area (Å²) in [6.45, 7) is 0. The molecule has 0 spiro atoms. The Hall–Kier alpha value is 0.500. The van der Waals surface area contributed by atoms with E-state index in [4.69, 9.17) is 11.5 Å². The summed E-state index contributed by atoms with van der Waals surface area (Å²) in [6, 6.07) is 0.583. The lowest BCUT2D eigenvalue weighted by Gasteiger charge is -2.05. The molecule has 0 saturated heterocycles. The molecule has 2 atom stereocenters. The average molecular weight is 173 g/mol. The van der Waals surface area contributed by atoms with E-state index in [0.717, 1.165) is 12.8 Å². The van der Waals surface area contributed by atoms with Gasteiger partial charge in [-0.3, -0.25) is 0 Å². The third-order valence-corrected chi connectivity index (χ3v) is 1.62. The second-order valence-corrected chi connectivity index (χ2v) is 2.26. The standard InChI is InChI=1S/C5H12N2.2ClH/c6-4-2-1-3-5(4)7;;/h4-5H,1-3,6-7H2;2*1H/t4-,5-;;/m1../s1. The molecular weight excluding hydrogens is 159 g/mol. The van der Waals surface area contributed by atoms with Crippen LogP contribution in [0.5, 0.6) is 0 Å². The first-order valence-electron chi connectivity index (χ1n) is 2.82. The largest absolute Gasteiger partial charge is 0.326 e. The number of hydrogen-bond acceptors (Lipinski definition) is 2. The first kappa shape index (κ1) is 12.2. The van der Waals surface area contributed by atoms with Crippen LogP contribution in [0.2, 0.25) is 0 Å². The Kier molecular flexibility index (Phi) is 7.18. The van der Waals surface area contributed by atoms with Crippen molar-refractivity contribution in [2.75, 3.05) is 0 Å². The summed E-state index contributed by atoms with van der Waals surface area (Å²) < 4.78 is 0. The Morgan fingerprint density at radius 2 is 1.22 bits per heavy atom. The van der Waals surface area contributed by atoms with E-state index in [1.165, 1.54) is 6.42 Å². The molecule has 1 aliphatic rings. The molecule has 0 amide bonds. The van der Waals surface area contributed by atoms with Crippen LogP contribution in [0.25, 0.3) is 0 Å². The Bertz CT molecular complexity index is 62.0. The first-order valence-corrected chi connectivity index (χ1v) is 2.82. The van der Waals surface area contributed by atoms with Gasteiger partial charge in [0.05, 0.1) is 0 Å². The van der Waals surface area contributed by atoms with Crippen molar-refractivity contribution >= 4 is 24.8 Å². The van der Waals surface area contributed by atoms with Crippen molar-refractivity contribution < 1.29 is 0 Å². The van der Waals surface area contributed by atoms with Crippen LogP contribution >= 0.6 is 24.8 Å². The average Bonchev–Trinajstić information content (AvgIpc) is 1.91. The van der Waals surface area contributed by atoms with Gasteiger partial charge >= 0.3 is 0 Å². The van der Waals surface area contributed by atoms with Gasteiger partial charge in [-0.2, -0.15) is 0 Å². The second-order valence-electron chi connectivity index (χ2n) is 2.26. The Labute approximate surface area is 68.2 Å². The van der Waals surface area contributed by atoms with E-state index in [0.29, 0.717) is 12.1 Å². The Balaban J connectivity index is 0. The molecule has 0 aromatic carbocycles. The predicted octanol–water partition coefficient (Wildman–Crippen LogP) is 0.668. The zero-order valence-electron chi connectivity index (χ0n) is 5.25. The topological polar surface area (TPSA) is 52.0 Å². The maximum Gasteiger partial charge on any atom is 0.0192 e. The maximum absolute atomic E-state index is 5.55. The van der Waals surface area contributed by atoms with Crippen LogP contribution in [0.1, 0.15) is 19.3 Å². The van der Waals surface area contributed by atoms with Crippen molar-refractivity contribution in [3.8, 4) is 0 Å². The molecule has 2 nitrogen and oxygen atoms in total. The zero-order chi connectivity index (χ0) is 5.28. The quantitative estimate of drug-likeness (QED) is 0.565. The summed E-state index contributed by atoms with van der Waals surface area (Å²) in [5, 5.41) is 0. The SMILES string of the molecule is Cl.Cl.N[C@@H]1CCC[C@H]1N. The molecule has 4 N–H and O–H groups in total. The molecular formula is C5H14Cl2N2. The maximum atomic E-state index is 5.55. The molecule has 1 rings (SSSR count). The smallest absolute Gasteiger partial charge is 0.0192 e. The molecule has 0 radical (unpaired) electrons. The van der Waals surface area contributed by atoms with E-state index >= 15 is 0 Å². The fraction of sp³-hybridized carbons (Fsp3) is 1.00. The van der Waals surface area contributed by atoms with Crippen molar-refractivity contribution in [3.05, 3.63) is 0 Å². The lowest BCUT2D eigenvalue weighted by atomic mass is 10.2. The van der Waals surface area contributed by atoms with Crippen LogP contribution in [0.3, 0.4) is 0 Å². The Morgan fingerprint density at radius 3 is 1.33 bits per heavy atom. The summed E-state index contributed by atoms with van der Waals surface area (Å²) in [5.74, 6) is 0. The van der Waals surface area contributed by atoms with Gasteiger partial charge in [0.2, 0.25) is 0 Å². The normalized spacial score (nSPS) is 32.7. The van der Waals surface area contributed by atoms with Crippen LogP contribution in [0, 0.1) is 0 Å². The molecule has 1 fully saturated rings. The van der Waals surface area contributed by atoms with Gasteiger partial charge < -0.3 is 11.5 Å². The third-order valence-electron chi connectivity index (χ3n) is 1.62. The minimum atomic E-state index is 0. The van der Waals surface area contributed by atoms with Gasteiger partial charge in [-0.25, -0.2) is 0 Å². The lowest BCUT2D eigenvalue weighted by molar-refractivity contribution is 0.603. The van der Waals surface area contributed by atoms with E-state index in [2.05, 4.69) is 0 Å². The summed E-state index contributed by atoms with van der Waals surface area (Å²) in [6.07, 6.45) is 3.48. The van der Waals surface area contributed by atoms with Crippen molar-refractivity contribution in [2.45, 2.75) is 31.3 Å². The van der Waals surface area contributed by atoms with Gasteiger partial charge in [-0.15, -0.1) is 24.8 Å². The second kappa shape index (κ2) is 5.30. The minimum absolute atomic E-state index is 0. The monoisotopic (exact) mass is 172 g/mol.